The molecule has 0 aliphatic carbocycles. The van der Waals surface area contributed by atoms with E-state index in [0.29, 0.717) is 17.3 Å². The number of ether oxygens (including phenoxy) is 1. The average molecular weight is 419 g/mol. The van der Waals surface area contributed by atoms with Crippen LogP contribution in [0.5, 0.6) is 5.75 Å². The molecular formula is C19H15ClN2O3S2. The molecule has 2 amide bonds. The molecular weight excluding hydrogens is 404 g/mol. The van der Waals surface area contributed by atoms with Crippen LogP contribution in [0.2, 0.25) is 5.02 Å². The van der Waals surface area contributed by atoms with Gasteiger partial charge in [0, 0.05) is 11.4 Å². The van der Waals surface area contributed by atoms with Crippen LogP contribution in [0.15, 0.2) is 46.8 Å². The van der Waals surface area contributed by atoms with Gasteiger partial charge in [0.15, 0.2) is 4.34 Å². The van der Waals surface area contributed by atoms with E-state index in [-0.39, 0.29) is 18.2 Å². The normalized spacial score (nSPS) is 17.1. The molecule has 1 aliphatic heterocycles. The third kappa shape index (κ3) is 3.67. The van der Waals surface area contributed by atoms with Gasteiger partial charge in [-0.3, -0.25) is 9.59 Å². The number of carbonyl (C=O) groups excluding carboxylic acids is 2. The summed E-state index contributed by atoms with van der Waals surface area (Å²) in [7, 11) is 0. The summed E-state index contributed by atoms with van der Waals surface area (Å²) in [5.74, 6) is 0.338. The topological polar surface area (TPSA) is 59.5 Å². The van der Waals surface area contributed by atoms with E-state index in [1.807, 2.05) is 25.1 Å². The Balaban J connectivity index is 1.55. The summed E-state index contributed by atoms with van der Waals surface area (Å²) in [6, 6.07) is 12.5. The molecule has 2 heterocycles. The third-order valence-corrected chi connectivity index (χ3v) is 6.60. The first-order valence-corrected chi connectivity index (χ1v) is 10.4. The molecule has 2 aromatic carbocycles. The van der Waals surface area contributed by atoms with Gasteiger partial charge in [-0.2, -0.15) is 0 Å². The monoisotopic (exact) mass is 418 g/mol. The van der Waals surface area contributed by atoms with Crippen LogP contribution < -0.4 is 9.64 Å². The van der Waals surface area contributed by atoms with Gasteiger partial charge >= 0.3 is 0 Å². The maximum atomic E-state index is 12.8. The van der Waals surface area contributed by atoms with E-state index in [9.17, 15) is 9.59 Å². The fraction of sp³-hybridized carbons (Fsp3) is 0.211. The highest BCUT2D eigenvalue weighted by Crippen LogP contribution is 2.38. The van der Waals surface area contributed by atoms with E-state index in [2.05, 4.69) is 4.98 Å². The van der Waals surface area contributed by atoms with Crippen molar-refractivity contribution in [2.75, 3.05) is 11.5 Å². The standard InChI is InChI=1S/C19H15ClN2O3S2/c1-2-25-13-6-7-14-15(9-13)26-19(21-14)27-16-10-17(23)22(18(16)24)12-5-3-4-11(20)8-12/h3-9,16H,2,10H2,1H3/t16-/m0/s1. The number of hydrogen-bond donors (Lipinski definition) is 0. The van der Waals surface area contributed by atoms with Crippen molar-refractivity contribution >= 4 is 62.4 Å². The highest BCUT2D eigenvalue weighted by Gasteiger charge is 2.40. The number of hydrogen-bond acceptors (Lipinski definition) is 6. The lowest BCUT2D eigenvalue weighted by Crippen LogP contribution is -2.31. The summed E-state index contributed by atoms with van der Waals surface area (Å²) in [4.78, 5) is 31.0. The number of carbonyl (C=O) groups is 2. The van der Waals surface area contributed by atoms with Crippen LogP contribution in [0.1, 0.15) is 13.3 Å². The Bertz CT molecular complexity index is 1040. The molecule has 1 aromatic heterocycles. The number of anilines is 1. The summed E-state index contributed by atoms with van der Waals surface area (Å²) < 4.78 is 7.27. The summed E-state index contributed by atoms with van der Waals surface area (Å²) in [5, 5.41) is 0.00360. The molecule has 5 nitrogen and oxygen atoms in total. The van der Waals surface area contributed by atoms with Crippen LogP contribution in [0.25, 0.3) is 10.2 Å². The number of rotatable bonds is 5. The fourth-order valence-electron chi connectivity index (χ4n) is 2.89. The second-order valence-electron chi connectivity index (χ2n) is 5.90. The van der Waals surface area contributed by atoms with Gasteiger partial charge in [-0.05, 0) is 43.3 Å². The molecule has 27 heavy (non-hydrogen) atoms. The van der Waals surface area contributed by atoms with Crippen molar-refractivity contribution in [3.63, 3.8) is 0 Å². The Morgan fingerprint density at radius 1 is 1.30 bits per heavy atom. The smallest absolute Gasteiger partial charge is 0.247 e. The number of aromatic nitrogens is 1. The van der Waals surface area contributed by atoms with Crippen LogP contribution >= 0.6 is 34.7 Å². The zero-order valence-corrected chi connectivity index (χ0v) is 16.7. The summed E-state index contributed by atoms with van der Waals surface area (Å²) in [6.45, 7) is 2.54. The largest absolute Gasteiger partial charge is 0.494 e. The lowest BCUT2D eigenvalue weighted by Gasteiger charge is -2.14. The van der Waals surface area contributed by atoms with Crippen LogP contribution in [0.4, 0.5) is 5.69 Å². The Hall–Kier alpha value is -2.09. The van der Waals surface area contributed by atoms with Crippen molar-refractivity contribution in [1.29, 1.82) is 0 Å². The van der Waals surface area contributed by atoms with E-state index < -0.39 is 5.25 Å². The number of thioether (sulfide) groups is 1. The predicted molar refractivity (Wildman–Crippen MR) is 109 cm³/mol. The van der Waals surface area contributed by atoms with E-state index in [4.69, 9.17) is 16.3 Å². The second-order valence-corrected chi connectivity index (χ2v) is 8.82. The lowest BCUT2D eigenvalue weighted by atomic mass is 10.3. The SMILES string of the molecule is CCOc1ccc2nc(S[C@H]3CC(=O)N(c4cccc(Cl)c4)C3=O)sc2c1. The Morgan fingerprint density at radius 3 is 2.93 bits per heavy atom. The van der Waals surface area contributed by atoms with Gasteiger partial charge in [-0.15, -0.1) is 11.3 Å². The highest BCUT2D eigenvalue weighted by atomic mass is 35.5. The van der Waals surface area contributed by atoms with Gasteiger partial charge in [0.05, 0.1) is 22.5 Å². The maximum absolute atomic E-state index is 12.8. The molecule has 1 atom stereocenters. The van der Waals surface area contributed by atoms with Crippen molar-refractivity contribution in [2.45, 2.75) is 22.9 Å². The number of halogens is 1. The minimum Gasteiger partial charge on any atom is -0.494 e. The van der Waals surface area contributed by atoms with Crippen molar-refractivity contribution < 1.29 is 14.3 Å². The first-order chi connectivity index (χ1) is 13.0. The second kappa shape index (κ2) is 7.50. The highest BCUT2D eigenvalue weighted by molar-refractivity contribution is 8.02. The first-order valence-electron chi connectivity index (χ1n) is 8.37. The fourth-order valence-corrected chi connectivity index (χ4v) is 5.44. The average Bonchev–Trinajstić information content (AvgIpc) is 3.15. The molecule has 0 saturated carbocycles. The number of benzene rings is 2. The first kappa shape index (κ1) is 18.3. The number of thiazole rings is 1. The Kier molecular flexibility index (Phi) is 5.08. The molecule has 1 fully saturated rings. The molecule has 1 aliphatic rings. The van der Waals surface area contributed by atoms with E-state index in [1.165, 1.54) is 28.0 Å². The minimum atomic E-state index is -0.483. The molecule has 0 radical (unpaired) electrons. The molecule has 3 aromatic rings. The molecule has 1 saturated heterocycles. The number of nitrogens with zero attached hydrogens (tertiary/aromatic N) is 2. The van der Waals surface area contributed by atoms with Gasteiger partial charge in [-0.25, -0.2) is 9.88 Å². The molecule has 0 N–H and O–H groups in total. The molecule has 8 heteroatoms. The quantitative estimate of drug-likeness (QED) is 0.558. The molecule has 4 rings (SSSR count). The predicted octanol–water partition coefficient (Wildman–Crippen LogP) is 4.77. The van der Waals surface area contributed by atoms with Crippen LogP contribution in [0, 0.1) is 0 Å². The number of amides is 2. The molecule has 0 spiro atoms. The van der Waals surface area contributed by atoms with Gasteiger partial charge in [0.25, 0.3) is 0 Å². The van der Waals surface area contributed by atoms with Crippen molar-refractivity contribution in [2.24, 2.45) is 0 Å². The summed E-state index contributed by atoms with van der Waals surface area (Å²) >= 11 is 8.82. The zero-order valence-electron chi connectivity index (χ0n) is 14.3. The minimum absolute atomic E-state index is 0.149. The summed E-state index contributed by atoms with van der Waals surface area (Å²) in [6.07, 6.45) is 0.149. The van der Waals surface area contributed by atoms with Crippen molar-refractivity contribution in [3.8, 4) is 5.75 Å². The molecule has 0 unspecified atom stereocenters. The van der Waals surface area contributed by atoms with Crippen LogP contribution in [0.3, 0.4) is 0 Å². The van der Waals surface area contributed by atoms with Crippen LogP contribution in [-0.4, -0.2) is 28.7 Å². The van der Waals surface area contributed by atoms with Gasteiger partial charge in [-0.1, -0.05) is 29.4 Å². The number of fused-ring (bicyclic) bond motifs is 1. The maximum Gasteiger partial charge on any atom is 0.247 e. The van der Waals surface area contributed by atoms with Crippen LogP contribution in [-0.2, 0) is 9.59 Å². The van der Waals surface area contributed by atoms with Crippen molar-refractivity contribution in [3.05, 3.63) is 47.5 Å². The Morgan fingerprint density at radius 2 is 2.15 bits per heavy atom. The Labute approximate surface area is 169 Å². The van der Waals surface area contributed by atoms with Crippen molar-refractivity contribution in [1.82, 2.24) is 4.98 Å². The van der Waals surface area contributed by atoms with Gasteiger partial charge in [0.1, 0.15) is 11.0 Å². The van der Waals surface area contributed by atoms with E-state index >= 15 is 0 Å². The molecule has 138 valence electrons. The van der Waals surface area contributed by atoms with Gasteiger partial charge < -0.3 is 4.74 Å². The van der Waals surface area contributed by atoms with Gasteiger partial charge in [0.2, 0.25) is 11.8 Å². The zero-order chi connectivity index (χ0) is 19.0. The third-order valence-electron chi connectivity index (χ3n) is 4.07. The van der Waals surface area contributed by atoms with E-state index in [1.54, 1.807) is 24.3 Å². The number of imide groups is 1. The van der Waals surface area contributed by atoms with E-state index in [0.717, 1.165) is 20.3 Å². The lowest BCUT2D eigenvalue weighted by molar-refractivity contribution is -0.121. The molecule has 0 bridgehead atoms. The summed E-state index contributed by atoms with van der Waals surface area (Å²) in [5.41, 5.74) is 1.36.